The molecule has 3 rings (SSSR count). The molecule has 2 aliphatic rings. The molecule has 1 saturated heterocycles. The molecule has 1 spiro atoms. The van der Waals surface area contributed by atoms with Gasteiger partial charge in [0.15, 0.2) is 5.78 Å². The highest BCUT2D eigenvalue weighted by atomic mass is 16.5. The van der Waals surface area contributed by atoms with E-state index in [4.69, 9.17) is 4.74 Å². The lowest BCUT2D eigenvalue weighted by Crippen LogP contribution is -2.52. The van der Waals surface area contributed by atoms with Crippen LogP contribution < -0.4 is 4.74 Å². The van der Waals surface area contributed by atoms with Crippen molar-refractivity contribution in [1.82, 2.24) is 4.90 Å². The summed E-state index contributed by atoms with van der Waals surface area (Å²) in [5.41, 5.74) is 2.08. The number of nitrogens with zero attached hydrogens (tertiary/aromatic N) is 1. The Kier molecular flexibility index (Phi) is 3.55. The van der Waals surface area contributed by atoms with E-state index >= 15 is 0 Å². The van der Waals surface area contributed by atoms with E-state index in [9.17, 15) is 4.79 Å². The Hall–Kier alpha value is -1.35. The molecule has 0 radical (unpaired) electrons. The second-order valence-corrected chi connectivity index (χ2v) is 6.12. The molecule has 0 aliphatic carbocycles. The molecule has 3 heteroatoms. The summed E-state index contributed by atoms with van der Waals surface area (Å²) in [5, 5.41) is 0. The first-order valence-electron chi connectivity index (χ1n) is 7.67. The molecular formula is C17H23NO2. The van der Waals surface area contributed by atoms with E-state index in [1.165, 1.54) is 19.3 Å². The zero-order chi connectivity index (χ0) is 14.2. The second kappa shape index (κ2) is 5.21. The van der Waals surface area contributed by atoms with Crippen LogP contribution in [-0.4, -0.2) is 35.9 Å². The fraction of sp³-hybridized carbons (Fsp3) is 0.588. The lowest BCUT2D eigenvalue weighted by molar-refractivity contribution is 0.0600. The number of fused-ring (bicyclic) bond motifs is 1. The van der Waals surface area contributed by atoms with Gasteiger partial charge in [-0.1, -0.05) is 19.1 Å². The van der Waals surface area contributed by atoms with Gasteiger partial charge >= 0.3 is 0 Å². The third kappa shape index (κ3) is 2.14. The van der Waals surface area contributed by atoms with Gasteiger partial charge in [0.2, 0.25) is 0 Å². The summed E-state index contributed by atoms with van der Waals surface area (Å²) in [6.45, 7) is 6.93. The van der Waals surface area contributed by atoms with Gasteiger partial charge in [-0.2, -0.15) is 0 Å². The maximum absolute atomic E-state index is 11.9. The van der Waals surface area contributed by atoms with Gasteiger partial charge in [-0.05, 0) is 51.8 Å². The predicted molar refractivity (Wildman–Crippen MR) is 79.5 cm³/mol. The monoisotopic (exact) mass is 273 g/mol. The number of Topliss-reactive ketones (excluding diaryl/α,β-unsaturated/α-hetero) is 1. The fourth-order valence-corrected chi connectivity index (χ4v) is 3.78. The van der Waals surface area contributed by atoms with Crippen LogP contribution in [0.4, 0.5) is 0 Å². The van der Waals surface area contributed by atoms with Crippen molar-refractivity contribution in [3.05, 3.63) is 29.3 Å². The van der Waals surface area contributed by atoms with Crippen LogP contribution >= 0.6 is 0 Å². The predicted octanol–water partition coefficient (Wildman–Crippen LogP) is 3.07. The highest BCUT2D eigenvalue weighted by Gasteiger charge is 2.44. The largest absolute Gasteiger partial charge is 0.491 e. The van der Waals surface area contributed by atoms with Gasteiger partial charge in [-0.25, -0.2) is 0 Å². The normalized spacial score (nSPS) is 25.5. The van der Waals surface area contributed by atoms with Gasteiger partial charge in [0.25, 0.3) is 0 Å². The fourth-order valence-electron chi connectivity index (χ4n) is 3.78. The average Bonchev–Trinajstić information content (AvgIpc) is 2.81. The first-order valence-corrected chi connectivity index (χ1v) is 7.67. The smallest absolute Gasteiger partial charge is 0.160 e. The van der Waals surface area contributed by atoms with Crippen molar-refractivity contribution in [3.8, 4) is 5.75 Å². The van der Waals surface area contributed by atoms with Crippen molar-refractivity contribution in [2.75, 3.05) is 19.7 Å². The van der Waals surface area contributed by atoms with Gasteiger partial charge in [-0.15, -0.1) is 0 Å². The number of ketones is 1. The topological polar surface area (TPSA) is 29.5 Å². The number of carbonyl (C=O) groups excluding carboxylic acids is 1. The Balaban J connectivity index is 1.96. The molecule has 2 heterocycles. The van der Waals surface area contributed by atoms with Crippen molar-refractivity contribution in [2.24, 2.45) is 0 Å². The highest BCUT2D eigenvalue weighted by molar-refractivity contribution is 5.96. The Morgan fingerprint density at radius 3 is 3.05 bits per heavy atom. The zero-order valence-corrected chi connectivity index (χ0v) is 12.4. The van der Waals surface area contributed by atoms with Gasteiger partial charge in [0.05, 0.1) is 5.54 Å². The quantitative estimate of drug-likeness (QED) is 0.793. The molecule has 1 aromatic carbocycles. The van der Waals surface area contributed by atoms with E-state index in [1.807, 2.05) is 18.2 Å². The van der Waals surface area contributed by atoms with E-state index < -0.39 is 0 Å². The summed E-state index contributed by atoms with van der Waals surface area (Å²) in [6.07, 6.45) is 4.54. The lowest BCUT2D eigenvalue weighted by Gasteiger charge is -2.42. The summed E-state index contributed by atoms with van der Waals surface area (Å²) in [7, 11) is 0. The van der Waals surface area contributed by atoms with Crippen molar-refractivity contribution in [3.63, 3.8) is 0 Å². The molecule has 2 aliphatic heterocycles. The van der Waals surface area contributed by atoms with Crippen LogP contribution in [0.1, 0.15) is 49.0 Å². The van der Waals surface area contributed by atoms with Gasteiger partial charge < -0.3 is 4.74 Å². The van der Waals surface area contributed by atoms with Crippen molar-refractivity contribution < 1.29 is 9.53 Å². The minimum absolute atomic E-state index is 0.120. The van der Waals surface area contributed by atoms with Crippen LogP contribution in [0.3, 0.4) is 0 Å². The van der Waals surface area contributed by atoms with Crippen LogP contribution in [0.5, 0.6) is 5.75 Å². The SMILES string of the molecule is CCCN1CCCC12COc1cccc(C(C)=O)c1C2. The van der Waals surface area contributed by atoms with Crippen LogP contribution in [0.2, 0.25) is 0 Å². The second-order valence-electron chi connectivity index (χ2n) is 6.12. The first-order chi connectivity index (χ1) is 9.66. The first kappa shape index (κ1) is 13.6. The lowest BCUT2D eigenvalue weighted by atomic mass is 9.84. The molecule has 1 fully saturated rings. The molecule has 1 aromatic rings. The highest BCUT2D eigenvalue weighted by Crippen LogP contribution is 2.40. The molecule has 108 valence electrons. The Bertz CT molecular complexity index is 526. The molecule has 1 unspecified atom stereocenters. The number of rotatable bonds is 3. The van der Waals surface area contributed by atoms with E-state index in [0.29, 0.717) is 0 Å². The number of carbonyl (C=O) groups is 1. The number of ether oxygens (including phenoxy) is 1. The summed E-state index contributed by atoms with van der Waals surface area (Å²) < 4.78 is 6.03. The van der Waals surface area contributed by atoms with Crippen molar-refractivity contribution in [1.29, 1.82) is 0 Å². The van der Waals surface area contributed by atoms with E-state index in [1.54, 1.807) is 6.92 Å². The van der Waals surface area contributed by atoms with Gasteiger partial charge in [-0.3, -0.25) is 9.69 Å². The Morgan fingerprint density at radius 2 is 2.30 bits per heavy atom. The number of hydrogen-bond acceptors (Lipinski definition) is 3. The molecule has 20 heavy (non-hydrogen) atoms. The van der Waals surface area contributed by atoms with Crippen molar-refractivity contribution in [2.45, 2.75) is 45.1 Å². The van der Waals surface area contributed by atoms with E-state index in [0.717, 1.165) is 43.0 Å². The summed E-state index contributed by atoms with van der Waals surface area (Å²) in [6, 6.07) is 5.85. The molecular weight excluding hydrogens is 250 g/mol. The van der Waals surface area contributed by atoms with Crippen LogP contribution in [0, 0.1) is 0 Å². The molecule has 0 aromatic heterocycles. The van der Waals surface area contributed by atoms with Gasteiger partial charge in [0, 0.05) is 11.1 Å². The summed E-state index contributed by atoms with van der Waals surface area (Å²) in [4.78, 5) is 14.4. The average molecular weight is 273 g/mol. The molecule has 3 nitrogen and oxygen atoms in total. The van der Waals surface area contributed by atoms with Crippen LogP contribution in [0.25, 0.3) is 0 Å². The molecule has 1 atom stereocenters. The third-order valence-corrected chi connectivity index (χ3v) is 4.75. The number of hydrogen-bond donors (Lipinski definition) is 0. The Morgan fingerprint density at radius 1 is 1.45 bits per heavy atom. The maximum atomic E-state index is 11.9. The molecule has 0 saturated carbocycles. The number of likely N-dealkylation sites (tertiary alicyclic amines) is 1. The van der Waals surface area contributed by atoms with Crippen molar-refractivity contribution >= 4 is 5.78 Å². The standard InChI is InChI=1S/C17H23NO2/c1-3-9-18-10-5-8-17(18)11-15-14(13(2)19)6-4-7-16(15)20-12-17/h4,6-7H,3,5,8-12H2,1-2H3. The summed E-state index contributed by atoms with van der Waals surface area (Å²) >= 11 is 0. The van der Waals surface area contributed by atoms with Crippen LogP contribution in [-0.2, 0) is 6.42 Å². The molecule has 0 bridgehead atoms. The molecule has 0 N–H and O–H groups in total. The Labute approximate surface area is 120 Å². The minimum atomic E-state index is 0.120. The van der Waals surface area contributed by atoms with Gasteiger partial charge in [0.1, 0.15) is 12.4 Å². The van der Waals surface area contributed by atoms with Crippen LogP contribution in [0.15, 0.2) is 18.2 Å². The number of benzene rings is 1. The van der Waals surface area contributed by atoms with E-state index in [2.05, 4.69) is 11.8 Å². The third-order valence-electron chi connectivity index (χ3n) is 4.75. The maximum Gasteiger partial charge on any atom is 0.160 e. The zero-order valence-electron chi connectivity index (χ0n) is 12.4. The summed E-state index contributed by atoms with van der Waals surface area (Å²) in [5.74, 6) is 1.05. The minimum Gasteiger partial charge on any atom is -0.491 e. The van der Waals surface area contributed by atoms with E-state index in [-0.39, 0.29) is 11.3 Å². The molecule has 0 amide bonds.